The van der Waals surface area contributed by atoms with Crippen LogP contribution in [0, 0.1) is 6.92 Å². The van der Waals surface area contributed by atoms with Gasteiger partial charge in [0.1, 0.15) is 19.0 Å². The summed E-state index contributed by atoms with van der Waals surface area (Å²) in [7, 11) is 1.59. The minimum Gasteiger partial charge on any atom is -0.465 e. The molecule has 20 heavy (non-hydrogen) atoms. The summed E-state index contributed by atoms with van der Waals surface area (Å²) in [5.74, 6) is 0.955. The molecule has 6 heteroatoms. The van der Waals surface area contributed by atoms with Crippen LogP contribution in [0.3, 0.4) is 0 Å². The molecule has 0 aromatic carbocycles. The molecule has 0 aliphatic heterocycles. The fraction of sp³-hybridized carbons (Fsp3) is 0.500. The van der Waals surface area contributed by atoms with E-state index < -0.39 is 0 Å². The summed E-state index contributed by atoms with van der Waals surface area (Å²) in [6, 6.07) is 1.82. The molecule has 0 saturated heterocycles. The van der Waals surface area contributed by atoms with Gasteiger partial charge in [0.2, 0.25) is 0 Å². The average Bonchev–Trinajstić information content (AvgIpc) is 2.38. The first kappa shape index (κ1) is 16.1. The quantitative estimate of drug-likeness (QED) is 0.530. The highest BCUT2D eigenvalue weighted by Crippen LogP contribution is 2.13. The van der Waals surface area contributed by atoms with Crippen molar-refractivity contribution in [3.63, 3.8) is 0 Å². The summed E-state index contributed by atoms with van der Waals surface area (Å²) >= 11 is 0. The van der Waals surface area contributed by atoms with Crippen LogP contribution < -0.4 is 4.90 Å². The molecule has 0 aliphatic rings. The van der Waals surface area contributed by atoms with Gasteiger partial charge in [-0.3, -0.25) is 4.79 Å². The number of ether oxygens (including phenoxy) is 2. The molecular formula is C14H21N3O3. The van der Waals surface area contributed by atoms with Gasteiger partial charge in [0.25, 0.3) is 0 Å². The summed E-state index contributed by atoms with van der Waals surface area (Å²) in [6.45, 7) is 8.67. The van der Waals surface area contributed by atoms with Crippen molar-refractivity contribution in [2.45, 2.75) is 20.5 Å². The lowest BCUT2D eigenvalue weighted by Crippen LogP contribution is -2.32. The molecular weight excluding hydrogens is 258 g/mol. The van der Waals surface area contributed by atoms with E-state index in [4.69, 9.17) is 9.47 Å². The Morgan fingerprint density at radius 3 is 2.85 bits per heavy atom. The molecule has 0 spiro atoms. The standard InChI is InChI=1S/C14H21N3O3/c1-5-7-17(9-14(18)20-6-2)13-8-11(3)15-12(16-13)10-19-4/h5,8H,1,6-7,9-10H2,2-4H3. The zero-order chi connectivity index (χ0) is 15.0. The molecule has 1 aromatic rings. The highest BCUT2D eigenvalue weighted by Gasteiger charge is 2.14. The van der Waals surface area contributed by atoms with Crippen LogP contribution >= 0.6 is 0 Å². The third-order valence-electron chi connectivity index (χ3n) is 2.46. The number of nitrogens with zero attached hydrogens (tertiary/aromatic N) is 3. The molecule has 0 aliphatic carbocycles. The van der Waals surface area contributed by atoms with Gasteiger partial charge < -0.3 is 14.4 Å². The molecule has 0 radical (unpaired) electrons. The number of anilines is 1. The molecule has 0 amide bonds. The number of rotatable bonds is 8. The van der Waals surface area contributed by atoms with Crippen LogP contribution in [0.15, 0.2) is 18.7 Å². The Morgan fingerprint density at radius 1 is 1.50 bits per heavy atom. The molecule has 0 N–H and O–H groups in total. The largest absolute Gasteiger partial charge is 0.465 e. The van der Waals surface area contributed by atoms with E-state index >= 15 is 0 Å². The van der Waals surface area contributed by atoms with Gasteiger partial charge in [-0.25, -0.2) is 9.97 Å². The SMILES string of the molecule is C=CCN(CC(=O)OCC)c1cc(C)nc(COC)n1. The van der Waals surface area contributed by atoms with Crippen LogP contribution in [-0.4, -0.2) is 42.7 Å². The van der Waals surface area contributed by atoms with Crippen LogP contribution in [-0.2, 0) is 20.9 Å². The van der Waals surface area contributed by atoms with Gasteiger partial charge >= 0.3 is 5.97 Å². The van der Waals surface area contributed by atoms with Crippen molar-refractivity contribution in [3.8, 4) is 0 Å². The lowest BCUT2D eigenvalue weighted by Gasteiger charge is -2.21. The molecule has 1 heterocycles. The Labute approximate surface area is 119 Å². The summed E-state index contributed by atoms with van der Waals surface area (Å²) < 4.78 is 10.0. The van der Waals surface area contributed by atoms with Gasteiger partial charge in [-0.15, -0.1) is 6.58 Å². The van der Waals surface area contributed by atoms with Crippen molar-refractivity contribution in [1.29, 1.82) is 0 Å². The van der Waals surface area contributed by atoms with E-state index in [9.17, 15) is 4.79 Å². The van der Waals surface area contributed by atoms with Gasteiger partial charge in [-0.2, -0.15) is 0 Å². The number of carbonyl (C=O) groups is 1. The maximum absolute atomic E-state index is 11.6. The van der Waals surface area contributed by atoms with Gasteiger partial charge in [-0.1, -0.05) is 6.08 Å². The Hall–Kier alpha value is -1.95. The predicted octanol–water partition coefficient (Wildman–Crippen LogP) is 1.49. The van der Waals surface area contributed by atoms with Gasteiger partial charge in [0.05, 0.1) is 6.61 Å². The third kappa shape index (κ3) is 4.97. The molecule has 1 aromatic heterocycles. The second-order valence-electron chi connectivity index (χ2n) is 4.19. The van der Waals surface area contributed by atoms with Crippen LogP contribution in [0.2, 0.25) is 0 Å². The zero-order valence-electron chi connectivity index (χ0n) is 12.3. The normalized spacial score (nSPS) is 10.2. The molecule has 6 nitrogen and oxygen atoms in total. The topological polar surface area (TPSA) is 64.6 Å². The van der Waals surface area contributed by atoms with E-state index in [1.54, 1.807) is 25.0 Å². The summed E-state index contributed by atoms with van der Waals surface area (Å²) in [5.41, 5.74) is 0.819. The molecule has 0 atom stereocenters. The number of hydrogen-bond acceptors (Lipinski definition) is 6. The number of carbonyl (C=O) groups excluding carboxylic acids is 1. The molecule has 110 valence electrons. The number of hydrogen-bond donors (Lipinski definition) is 0. The summed E-state index contributed by atoms with van der Waals surface area (Å²) in [5, 5.41) is 0. The van der Waals surface area contributed by atoms with Gasteiger partial charge in [-0.05, 0) is 13.8 Å². The first-order valence-electron chi connectivity index (χ1n) is 6.45. The summed E-state index contributed by atoms with van der Waals surface area (Å²) in [4.78, 5) is 22.1. The second-order valence-corrected chi connectivity index (χ2v) is 4.19. The second kappa shape index (κ2) is 8.27. The fourth-order valence-corrected chi connectivity index (χ4v) is 1.73. The van der Waals surface area contributed by atoms with Gasteiger partial charge in [0.15, 0.2) is 5.82 Å². The van der Waals surface area contributed by atoms with Crippen LogP contribution in [0.5, 0.6) is 0 Å². The van der Waals surface area contributed by atoms with Crippen LogP contribution in [0.1, 0.15) is 18.4 Å². The van der Waals surface area contributed by atoms with E-state index in [0.717, 1.165) is 5.69 Å². The minimum absolute atomic E-state index is 0.128. The van der Waals surface area contributed by atoms with Crippen molar-refractivity contribution in [2.75, 3.05) is 31.7 Å². The van der Waals surface area contributed by atoms with E-state index in [0.29, 0.717) is 31.4 Å². The van der Waals surface area contributed by atoms with Gasteiger partial charge in [0, 0.05) is 25.4 Å². The van der Waals surface area contributed by atoms with E-state index in [2.05, 4.69) is 16.5 Å². The molecule has 0 bridgehead atoms. The third-order valence-corrected chi connectivity index (χ3v) is 2.46. The molecule has 0 saturated carbocycles. The highest BCUT2D eigenvalue weighted by atomic mass is 16.5. The Kier molecular flexibility index (Phi) is 6.66. The van der Waals surface area contributed by atoms with Crippen LogP contribution in [0.25, 0.3) is 0 Å². The number of aromatic nitrogens is 2. The first-order valence-corrected chi connectivity index (χ1v) is 6.45. The Bertz CT molecular complexity index is 463. The van der Waals surface area contributed by atoms with Crippen molar-refractivity contribution >= 4 is 11.8 Å². The fourth-order valence-electron chi connectivity index (χ4n) is 1.73. The number of aryl methyl sites for hydroxylation is 1. The van der Waals surface area contributed by atoms with Crippen molar-refractivity contribution in [1.82, 2.24) is 9.97 Å². The predicted molar refractivity (Wildman–Crippen MR) is 76.5 cm³/mol. The van der Waals surface area contributed by atoms with E-state index in [-0.39, 0.29) is 12.5 Å². The Balaban J connectivity index is 2.95. The monoisotopic (exact) mass is 279 g/mol. The summed E-state index contributed by atoms with van der Waals surface area (Å²) in [6.07, 6.45) is 1.71. The lowest BCUT2D eigenvalue weighted by molar-refractivity contribution is -0.141. The molecule has 1 rings (SSSR count). The molecule has 0 fully saturated rings. The van der Waals surface area contributed by atoms with Crippen molar-refractivity contribution in [2.24, 2.45) is 0 Å². The zero-order valence-corrected chi connectivity index (χ0v) is 12.3. The van der Waals surface area contributed by atoms with E-state index in [1.807, 2.05) is 13.0 Å². The molecule has 0 unspecified atom stereocenters. The maximum Gasteiger partial charge on any atom is 0.325 e. The maximum atomic E-state index is 11.6. The lowest BCUT2D eigenvalue weighted by atomic mass is 10.3. The van der Waals surface area contributed by atoms with Crippen molar-refractivity contribution in [3.05, 3.63) is 30.2 Å². The first-order chi connectivity index (χ1) is 9.60. The highest BCUT2D eigenvalue weighted by molar-refractivity contribution is 5.75. The van der Waals surface area contributed by atoms with Crippen molar-refractivity contribution < 1.29 is 14.3 Å². The Morgan fingerprint density at radius 2 is 2.25 bits per heavy atom. The number of methoxy groups -OCH3 is 1. The number of esters is 1. The smallest absolute Gasteiger partial charge is 0.325 e. The van der Waals surface area contributed by atoms with Crippen LogP contribution in [0.4, 0.5) is 5.82 Å². The average molecular weight is 279 g/mol. The minimum atomic E-state index is -0.293. The van der Waals surface area contributed by atoms with E-state index in [1.165, 1.54) is 0 Å².